The third-order valence-electron chi connectivity index (χ3n) is 3.30. The van der Waals surface area contributed by atoms with Gasteiger partial charge in [-0.15, -0.1) is 11.3 Å². The molecule has 1 amide bonds. The Labute approximate surface area is 132 Å². The highest BCUT2D eigenvalue weighted by molar-refractivity contribution is 7.21. The van der Waals surface area contributed by atoms with Crippen LogP contribution >= 0.6 is 22.9 Å². The van der Waals surface area contributed by atoms with Gasteiger partial charge in [0.2, 0.25) is 0 Å². The van der Waals surface area contributed by atoms with Gasteiger partial charge in [-0.3, -0.25) is 4.79 Å². The van der Waals surface area contributed by atoms with E-state index < -0.39 is 0 Å². The number of anilines is 1. The van der Waals surface area contributed by atoms with E-state index >= 15 is 0 Å². The SMILES string of the molecule is Cc1ccc(NC(=O)c2sc3ccc(C)cc3c2Cl)cc1. The Bertz CT molecular complexity index is 821. The van der Waals surface area contributed by atoms with Gasteiger partial charge in [0.15, 0.2) is 0 Å². The highest BCUT2D eigenvalue weighted by atomic mass is 35.5. The zero-order chi connectivity index (χ0) is 15.0. The number of carbonyl (C=O) groups excluding carboxylic acids is 1. The molecule has 0 aliphatic heterocycles. The van der Waals surface area contributed by atoms with Crippen LogP contribution in [0.25, 0.3) is 10.1 Å². The summed E-state index contributed by atoms with van der Waals surface area (Å²) in [6.45, 7) is 4.02. The van der Waals surface area contributed by atoms with Crippen LogP contribution in [0.3, 0.4) is 0 Å². The molecule has 0 radical (unpaired) electrons. The van der Waals surface area contributed by atoms with Gasteiger partial charge in [0, 0.05) is 15.8 Å². The zero-order valence-electron chi connectivity index (χ0n) is 11.7. The van der Waals surface area contributed by atoms with E-state index in [1.165, 1.54) is 11.3 Å². The highest BCUT2D eigenvalue weighted by Crippen LogP contribution is 2.36. The Hall–Kier alpha value is -1.84. The first-order valence-corrected chi connectivity index (χ1v) is 7.81. The smallest absolute Gasteiger partial charge is 0.267 e. The van der Waals surface area contributed by atoms with Crippen LogP contribution in [0.5, 0.6) is 0 Å². The zero-order valence-corrected chi connectivity index (χ0v) is 13.3. The number of amides is 1. The standard InChI is InChI=1S/C17H14ClNOS/c1-10-3-6-12(7-4-10)19-17(20)16-15(18)13-9-11(2)5-8-14(13)21-16/h3-9H,1-2H3,(H,19,20). The van der Waals surface area contributed by atoms with Crippen LogP contribution in [0.1, 0.15) is 20.8 Å². The first-order valence-electron chi connectivity index (χ1n) is 6.61. The van der Waals surface area contributed by atoms with Gasteiger partial charge in [-0.25, -0.2) is 0 Å². The lowest BCUT2D eigenvalue weighted by Gasteiger charge is -2.04. The molecule has 0 fully saturated rings. The van der Waals surface area contributed by atoms with E-state index in [1.807, 2.05) is 56.3 Å². The second kappa shape index (κ2) is 5.51. The van der Waals surface area contributed by atoms with Gasteiger partial charge in [-0.2, -0.15) is 0 Å². The molecule has 0 aliphatic rings. The highest BCUT2D eigenvalue weighted by Gasteiger charge is 2.17. The van der Waals surface area contributed by atoms with Gasteiger partial charge in [0.25, 0.3) is 5.91 Å². The predicted octanol–water partition coefficient (Wildman–Crippen LogP) is 5.42. The van der Waals surface area contributed by atoms with E-state index in [2.05, 4.69) is 5.32 Å². The number of rotatable bonds is 2. The van der Waals surface area contributed by atoms with Gasteiger partial charge in [-0.05, 0) is 38.1 Å². The third kappa shape index (κ3) is 2.80. The Morgan fingerprint density at radius 2 is 1.71 bits per heavy atom. The summed E-state index contributed by atoms with van der Waals surface area (Å²) in [5.74, 6) is -0.164. The summed E-state index contributed by atoms with van der Waals surface area (Å²) < 4.78 is 1.03. The molecule has 0 aliphatic carbocycles. The van der Waals surface area contributed by atoms with Crippen molar-refractivity contribution in [3.8, 4) is 0 Å². The van der Waals surface area contributed by atoms with Crippen molar-refractivity contribution < 1.29 is 4.79 Å². The van der Waals surface area contributed by atoms with E-state index in [0.717, 1.165) is 26.9 Å². The second-order valence-corrected chi connectivity index (χ2v) is 6.50. The second-order valence-electron chi connectivity index (χ2n) is 5.06. The lowest BCUT2D eigenvalue weighted by molar-refractivity contribution is 0.103. The van der Waals surface area contributed by atoms with Crippen LogP contribution in [-0.4, -0.2) is 5.91 Å². The van der Waals surface area contributed by atoms with E-state index in [-0.39, 0.29) is 5.91 Å². The van der Waals surface area contributed by atoms with E-state index in [4.69, 9.17) is 11.6 Å². The number of hydrogen-bond acceptors (Lipinski definition) is 2. The summed E-state index contributed by atoms with van der Waals surface area (Å²) in [6.07, 6.45) is 0. The molecule has 4 heteroatoms. The maximum atomic E-state index is 12.4. The lowest BCUT2D eigenvalue weighted by Crippen LogP contribution is -2.10. The van der Waals surface area contributed by atoms with Crippen molar-refractivity contribution in [2.45, 2.75) is 13.8 Å². The number of carbonyl (C=O) groups is 1. The molecule has 2 nitrogen and oxygen atoms in total. The Morgan fingerprint density at radius 1 is 1.05 bits per heavy atom. The number of fused-ring (bicyclic) bond motifs is 1. The number of benzene rings is 2. The van der Waals surface area contributed by atoms with Gasteiger partial charge in [-0.1, -0.05) is 40.9 Å². The fraction of sp³-hybridized carbons (Fsp3) is 0.118. The van der Waals surface area contributed by atoms with Crippen LogP contribution in [0.15, 0.2) is 42.5 Å². The maximum absolute atomic E-state index is 12.4. The molecule has 2 aromatic carbocycles. The van der Waals surface area contributed by atoms with E-state index in [9.17, 15) is 4.79 Å². The van der Waals surface area contributed by atoms with Crippen molar-refractivity contribution >= 4 is 44.6 Å². The minimum atomic E-state index is -0.164. The molecular weight excluding hydrogens is 302 g/mol. The molecular formula is C17H14ClNOS. The molecule has 0 unspecified atom stereocenters. The Balaban J connectivity index is 1.94. The minimum Gasteiger partial charge on any atom is -0.321 e. The number of hydrogen-bond donors (Lipinski definition) is 1. The summed E-state index contributed by atoms with van der Waals surface area (Å²) >= 11 is 7.78. The normalized spacial score (nSPS) is 10.8. The van der Waals surface area contributed by atoms with Gasteiger partial charge >= 0.3 is 0 Å². The summed E-state index contributed by atoms with van der Waals surface area (Å²) in [4.78, 5) is 12.9. The lowest BCUT2D eigenvalue weighted by atomic mass is 10.2. The molecule has 106 valence electrons. The van der Waals surface area contributed by atoms with E-state index in [0.29, 0.717) is 9.90 Å². The van der Waals surface area contributed by atoms with Crippen molar-refractivity contribution in [3.05, 3.63) is 63.5 Å². The van der Waals surface area contributed by atoms with Gasteiger partial charge in [0.1, 0.15) is 4.88 Å². The molecule has 3 aromatic rings. The van der Waals surface area contributed by atoms with Crippen molar-refractivity contribution in [2.75, 3.05) is 5.32 Å². The summed E-state index contributed by atoms with van der Waals surface area (Å²) in [6, 6.07) is 13.7. The maximum Gasteiger partial charge on any atom is 0.267 e. The Morgan fingerprint density at radius 3 is 2.43 bits per heavy atom. The fourth-order valence-electron chi connectivity index (χ4n) is 2.15. The number of nitrogens with one attached hydrogen (secondary N) is 1. The molecule has 0 atom stereocenters. The molecule has 1 heterocycles. The summed E-state index contributed by atoms with van der Waals surface area (Å²) in [5.41, 5.74) is 3.06. The van der Waals surface area contributed by atoms with Crippen molar-refractivity contribution in [2.24, 2.45) is 0 Å². The number of thiophene rings is 1. The fourth-order valence-corrected chi connectivity index (χ4v) is 3.54. The first kappa shape index (κ1) is 14.1. The molecule has 1 aromatic heterocycles. The van der Waals surface area contributed by atoms with Crippen molar-refractivity contribution in [1.82, 2.24) is 0 Å². The van der Waals surface area contributed by atoms with Crippen LogP contribution in [0, 0.1) is 13.8 Å². The van der Waals surface area contributed by atoms with Crippen molar-refractivity contribution in [3.63, 3.8) is 0 Å². The monoisotopic (exact) mass is 315 g/mol. The predicted molar refractivity (Wildman–Crippen MR) is 90.7 cm³/mol. The average molecular weight is 316 g/mol. The summed E-state index contributed by atoms with van der Waals surface area (Å²) in [5, 5.41) is 4.36. The van der Waals surface area contributed by atoms with Crippen LogP contribution in [0.4, 0.5) is 5.69 Å². The first-order chi connectivity index (χ1) is 10.0. The van der Waals surface area contributed by atoms with E-state index in [1.54, 1.807) is 0 Å². The van der Waals surface area contributed by atoms with Crippen LogP contribution < -0.4 is 5.32 Å². The number of aryl methyl sites for hydroxylation is 2. The topological polar surface area (TPSA) is 29.1 Å². The molecule has 3 rings (SSSR count). The largest absolute Gasteiger partial charge is 0.321 e. The summed E-state index contributed by atoms with van der Waals surface area (Å²) in [7, 11) is 0. The van der Waals surface area contributed by atoms with Crippen LogP contribution in [0.2, 0.25) is 5.02 Å². The van der Waals surface area contributed by atoms with Gasteiger partial charge < -0.3 is 5.32 Å². The molecule has 21 heavy (non-hydrogen) atoms. The van der Waals surface area contributed by atoms with Crippen molar-refractivity contribution in [1.29, 1.82) is 0 Å². The van der Waals surface area contributed by atoms with Crippen LogP contribution in [-0.2, 0) is 0 Å². The molecule has 0 bridgehead atoms. The molecule has 0 spiro atoms. The third-order valence-corrected chi connectivity index (χ3v) is 4.97. The quantitative estimate of drug-likeness (QED) is 0.671. The molecule has 1 N–H and O–H groups in total. The average Bonchev–Trinajstić information content (AvgIpc) is 2.79. The molecule has 0 saturated carbocycles. The minimum absolute atomic E-state index is 0.164. The molecule has 0 saturated heterocycles. The van der Waals surface area contributed by atoms with Gasteiger partial charge in [0.05, 0.1) is 5.02 Å². The number of halogens is 1. The Kier molecular flexibility index (Phi) is 3.70.